The van der Waals surface area contributed by atoms with Crippen molar-refractivity contribution in [1.29, 1.82) is 0 Å². The molecule has 1 saturated heterocycles. The average Bonchev–Trinajstić information content (AvgIpc) is 2.95. The minimum absolute atomic E-state index is 0.222. The summed E-state index contributed by atoms with van der Waals surface area (Å²) in [4.78, 5) is 0.236. The lowest BCUT2D eigenvalue weighted by Gasteiger charge is -2.11. The van der Waals surface area contributed by atoms with Gasteiger partial charge in [0.2, 0.25) is 5.90 Å². The van der Waals surface area contributed by atoms with E-state index in [1.165, 1.54) is 0 Å². The molecule has 1 aromatic rings. The monoisotopic (exact) mass is 266 g/mol. The van der Waals surface area contributed by atoms with Gasteiger partial charge in [-0.1, -0.05) is 12.1 Å². The SMILES string of the molecule is O=S1(=O)N=C(OCC2CCCN2)c2ccccc21. The molecule has 0 bridgehead atoms. The Morgan fingerprint density at radius 3 is 3.00 bits per heavy atom. The zero-order valence-electron chi connectivity index (χ0n) is 9.80. The quantitative estimate of drug-likeness (QED) is 0.863. The van der Waals surface area contributed by atoms with Crippen molar-refractivity contribution < 1.29 is 13.2 Å². The second kappa shape index (κ2) is 4.37. The van der Waals surface area contributed by atoms with Crippen LogP contribution in [0.2, 0.25) is 0 Å². The highest BCUT2D eigenvalue weighted by molar-refractivity contribution is 7.90. The average molecular weight is 266 g/mol. The molecule has 0 aromatic heterocycles. The van der Waals surface area contributed by atoms with Gasteiger partial charge in [0.1, 0.15) is 11.5 Å². The molecule has 3 rings (SSSR count). The molecule has 5 nitrogen and oxygen atoms in total. The van der Waals surface area contributed by atoms with E-state index in [2.05, 4.69) is 9.71 Å². The molecule has 1 unspecified atom stereocenters. The lowest BCUT2D eigenvalue weighted by molar-refractivity contribution is 0.267. The maximum absolute atomic E-state index is 11.8. The Morgan fingerprint density at radius 1 is 1.39 bits per heavy atom. The summed E-state index contributed by atoms with van der Waals surface area (Å²) in [6.07, 6.45) is 2.19. The van der Waals surface area contributed by atoms with Gasteiger partial charge in [0, 0.05) is 6.04 Å². The molecule has 1 aromatic carbocycles. The van der Waals surface area contributed by atoms with Gasteiger partial charge in [-0.15, -0.1) is 4.40 Å². The minimum atomic E-state index is -3.56. The summed E-state index contributed by atoms with van der Waals surface area (Å²) in [7, 11) is -3.56. The molecule has 6 heteroatoms. The van der Waals surface area contributed by atoms with Crippen molar-refractivity contribution in [2.75, 3.05) is 13.2 Å². The van der Waals surface area contributed by atoms with Crippen LogP contribution in [0.15, 0.2) is 33.6 Å². The molecule has 2 aliphatic rings. The lowest BCUT2D eigenvalue weighted by Crippen LogP contribution is -2.28. The summed E-state index contributed by atoms with van der Waals surface area (Å²) in [5, 5.41) is 3.30. The van der Waals surface area contributed by atoms with Crippen LogP contribution in [0.1, 0.15) is 18.4 Å². The van der Waals surface area contributed by atoms with Crippen molar-refractivity contribution >= 4 is 15.9 Å². The van der Waals surface area contributed by atoms with Crippen LogP contribution in [0.3, 0.4) is 0 Å². The molecule has 0 aliphatic carbocycles. The highest BCUT2D eigenvalue weighted by Gasteiger charge is 2.30. The fourth-order valence-electron chi connectivity index (χ4n) is 2.26. The predicted octanol–water partition coefficient (Wildman–Crippen LogP) is 0.904. The molecular formula is C12H14N2O3S. The normalized spacial score (nSPS) is 24.7. The number of rotatable bonds is 2. The van der Waals surface area contributed by atoms with Gasteiger partial charge in [-0.2, -0.15) is 8.42 Å². The van der Waals surface area contributed by atoms with Crippen LogP contribution in [-0.2, 0) is 14.8 Å². The van der Waals surface area contributed by atoms with Crippen LogP contribution in [0.4, 0.5) is 0 Å². The topological polar surface area (TPSA) is 67.8 Å². The van der Waals surface area contributed by atoms with Crippen molar-refractivity contribution in [3.8, 4) is 0 Å². The number of ether oxygens (including phenoxy) is 1. The van der Waals surface area contributed by atoms with Gasteiger partial charge < -0.3 is 10.1 Å². The predicted molar refractivity (Wildman–Crippen MR) is 67.1 cm³/mol. The van der Waals surface area contributed by atoms with Gasteiger partial charge in [-0.05, 0) is 31.5 Å². The Hall–Kier alpha value is -1.40. The molecule has 1 fully saturated rings. The number of nitrogens with one attached hydrogen (secondary N) is 1. The van der Waals surface area contributed by atoms with Crippen LogP contribution < -0.4 is 5.32 Å². The van der Waals surface area contributed by atoms with Crippen LogP contribution in [0.5, 0.6) is 0 Å². The first-order valence-electron chi connectivity index (χ1n) is 5.97. The summed E-state index contributed by atoms with van der Waals surface area (Å²) >= 11 is 0. The number of fused-ring (bicyclic) bond motifs is 1. The summed E-state index contributed by atoms with van der Waals surface area (Å²) in [6.45, 7) is 1.46. The first kappa shape index (κ1) is 11.7. The van der Waals surface area contributed by atoms with E-state index in [1.807, 2.05) is 0 Å². The van der Waals surface area contributed by atoms with E-state index in [0.717, 1.165) is 19.4 Å². The maximum Gasteiger partial charge on any atom is 0.286 e. The number of sulfonamides is 1. The molecule has 0 radical (unpaired) electrons. The third-order valence-corrected chi connectivity index (χ3v) is 4.50. The Bertz CT molecular complexity index is 589. The summed E-state index contributed by atoms with van der Waals surface area (Å²) in [5.74, 6) is 0.222. The van der Waals surface area contributed by atoms with E-state index in [-0.39, 0.29) is 10.8 Å². The van der Waals surface area contributed by atoms with Gasteiger partial charge in [0.15, 0.2) is 0 Å². The zero-order valence-corrected chi connectivity index (χ0v) is 10.6. The minimum Gasteiger partial charge on any atom is -0.475 e. The van der Waals surface area contributed by atoms with E-state index < -0.39 is 10.0 Å². The van der Waals surface area contributed by atoms with E-state index in [4.69, 9.17) is 4.74 Å². The summed E-state index contributed by atoms with van der Waals surface area (Å²) in [6, 6.07) is 7.04. The molecule has 18 heavy (non-hydrogen) atoms. The summed E-state index contributed by atoms with van der Waals surface area (Å²) < 4.78 is 32.8. The Kier molecular flexibility index (Phi) is 2.83. The highest BCUT2D eigenvalue weighted by atomic mass is 32.2. The second-order valence-corrected chi connectivity index (χ2v) is 6.04. The van der Waals surface area contributed by atoms with Gasteiger partial charge in [-0.3, -0.25) is 0 Å². The fourth-order valence-corrected chi connectivity index (χ4v) is 3.41. The van der Waals surface area contributed by atoms with E-state index in [0.29, 0.717) is 18.2 Å². The number of hydrogen-bond donors (Lipinski definition) is 1. The first-order chi connectivity index (χ1) is 8.67. The standard InChI is InChI=1S/C12H14N2O3S/c15-18(16)11-6-2-1-5-10(11)12(14-18)17-8-9-4-3-7-13-9/h1-2,5-6,9,13H,3-4,7-8H2. The molecular weight excluding hydrogens is 252 g/mol. The van der Waals surface area contributed by atoms with Crippen molar-refractivity contribution in [1.82, 2.24) is 5.32 Å². The van der Waals surface area contributed by atoms with Crippen LogP contribution in [-0.4, -0.2) is 33.5 Å². The Morgan fingerprint density at radius 2 is 2.22 bits per heavy atom. The van der Waals surface area contributed by atoms with Crippen LogP contribution >= 0.6 is 0 Å². The third-order valence-electron chi connectivity index (χ3n) is 3.18. The smallest absolute Gasteiger partial charge is 0.286 e. The highest BCUT2D eigenvalue weighted by Crippen LogP contribution is 2.26. The van der Waals surface area contributed by atoms with E-state index in [1.54, 1.807) is 24.3 Å². The van der Waals surface area contributed by atoms with Crippen LogP contribution in [0.25, 0.3) is 0 Å². The molecule has 0 spiro atoms. The number of hydrogen-bond acceptors (Lipinski definition) is 4. The number of benzene rings is 1. The largest absolute Gasteiger partial charge is 0.475 e. The summed E-state index contributed by atoms with van der Waals surface area (Å²) in [5.41, 5.74) is 0.565. The van der Waals surface area contributed by atoms with E-state index in [9.17, 15) is 8.42 Å². The molecule has 96 valence electrons. The molecule has 2 aliphatic heterocycles. The molecule has 0 saturated carbocycles. The van der Waals surface area contributed by atoms with Crippen molar-refractivity contribution in [3.63, 3.8) is 0 Å². The zero-order chi connectivity index (χ0) is 12.6. The van der Waals surface area contributed by atoms with E-state index >= 15 is 0 Å². The third kappa shape index (κ3) is 2.02. The van der Waals surface area contributed by atoms with Gasteiger partial charge in [0.25, 0.3) is 10.0 Å². The molecule has 1 N–H and O–H groups in total. The Balaban J connectivity index is 1.81. The van der Waals surface area contributed by atoms with Gasteiger partial charge >= 0.3 is 0 Å². The van der Waals surface area contributed by atoms with Crippen molar-refractivity contribution in [3.05, 3.63) is 29.8 Å². The second-order valence-electron chi connectivity index (χ2n) is 4.47. The first-order valence-corrected chi connectivity index (χ1v) is 7.41. The lowest BCUT2D eigenvalue weighted by atomic mass is 10.2. The fraction of sp³-hybridized carbons (Fsp3) is 0.417. The van der Waals surface area contributed by atoms with Crippen molar-refractivity contribution in [2.45, 2.75) is 23.8 Å². The Labute approximate surface area is 106 Å². The van der Waals surface area contributed by atoms with Crippen LogP contribution in [0, 0.1) is 0 Å². The van der Waals surface area contributed by atoms with Crippen molar-refractivity contribution in [2.24, 2.45) is 4.40 Å². The number of nitrogens with zero attached hydrogens (tertiary/aromatic N) is 1. The maximum atomic E-state index is 11.8. The van der Waals surface area contributed by atoms with Gasteiger partial charge in [0.05, 0.1) is 5.56 Å². The molecule has 0 amide bonds. The molecule has 2 heterocycles. The molecule has 1 atom stereocenters. The van der Waals surface area contributed by atoms with Gasteiger partial charge in [-0.25, -0.2) is 0 Å².